The number of aryl methyl sites for hydroxylation is 1. The van der Waals surface area contributed by atoms with Gasteiger partial charge in [0, 0.05) is 43.8 Å². The van der Waals surface area contributed by atoms with E-state index >= 15 is 0 Å². The van der Waals surface area contributed by atoms with E-state index in [1.807, 2.05) is 23.6 Å². The van der Waals surface area contributed by atoms with Crippen molar-refractivity contribution < 1.29 is 4.79 Å². The lowest BCUT2D eigenvalue weighted by atomic mass is 10.1. The van der Waals surface area contributed by atoms with E-state index in [4.69, 9.17) is 0 Å². The lowest BCUT2D eigenvalue weighted by Gasteiger charge is -2.35. The average Bonchev–Trinajstić information content (AvgIpc) is 3.24. The van der Waals surface area contributed by atoms with Crippen LogP contribution < -0.4 is 15.1 Å². The second kappa shape index (κ2) is 8.44. The van der Waals surface area contributed by atoms with Crippen LogP contribution in [0.15, 0.2) is 60.0 Å². The number of para-hydroxylation sites is 1. The summed E-state index contributed by atoms with van der Waals surface area (Å²) in [5.41, 5.74) is 4.06. The number of benzene rings is 2. The number of carbonyl (C=O) groups excluding carboxylic acids is 1. The van der Waals surface area contributed by atoms with Gasteiger partial charge in [-0.2, -0.15) is 0 Å². The number of aromatic nitrogens is 1. The number of hydrogen-bond acceptors (Lipinski definition) is 5. The molecule has 0 saturated carbocycles. The van der Waals surface area contributed by atoms with Crippen LogP contribution in [0.25, 0.3) is 0 Å². The molecule has 1 N–H and O–H groups in total. The highest BCUT2D eigenvalue weighted by molar-refractivity contribution is 7.13. The Bertz CT molecular complexity index is 915. The zero-order valence-electron chi connectivity index (χ0n) is 16.0. The van der Waals surface area contributed by atoms with Crippen molar-refractivity contribution in [3.63, 3.8) is 0 Å². The number of hydrogen-bond donors (Lipinski definition) is 1. The second-order valence-electron chi connectivity index (χ2n) is 6.99. The van der Waals surface area contributed by atoms with Crippen LogP contribution in [0.5, 0.6) is 0 Å². The number of rotatable bonds is 5. The fourth-order valence-corrected chi connectivity index (χ4v) is 4.15. The average molecular weight is 393 g/mol. The number of piperazine rings is 1. The van der Waals surface area contributed by atoms with Gasteiger partial charge in [0.25, 0.3) is 5.91 Å². The van der Waals surface area contributed by atoms with Gasteiger partial charge in [-0.15, -0.1) is 11.3 Å². The van der Waals surface area contributed by atoms with E-state index in [1.54, 1.807) is 11.3 Å². The van der Waals surface area contributed by atoms with Crippen molar-refractivity contribution in [3.05, 3.63) is 76.8 Å². The Morgan fingerprint density at radius 3 is 2.39 bits per heavy atom. The summed E-state index contributed by atoms with van der Waals surface area (Å²) in [4.78, 5) is 21.6. The maximum Gasteiger partial charge on any atom is 0.271 e. The zero-order valence-corrected chi connectivity index (χ0v) is 16.8. The SMILES string of the molecule is Cc1ccc(CNC(=O)c2csc(N3CCN(c4ccccc4)CC3)n2)cc1. The third kappa shape index (κ3) is 4.34. The molecule has 1 aliphatic heterocycles. The molecule has 1 saturated heterocycles. The number of nitrogens with zero attached hydrogens (tertiary/aromatic N) is 3. The summed E-state index contributed by atoms with van der Waals surface area (Å²) in [6.45, 7) is 6.30. The molecule has 0 spiro atoms. The molecule has 1 aliphatic rings. The third-order valence-electron chi connectivity index (χ3n) is 4.97. The molecule has 6 heteroatoms. The van der Waals surface area contributed by atoms with Crippen molar-refractivity contribution >= 4 is 28.1 Å². The zero-order chi connectivity index (χ0) is 19.3. The van der Waals surface area contributed by atoms with E-state index in [1.165, 1.54) is 11.3 Å². The number of anilines is 2. The fourth-order valence-electron chi connectivity index (χ4n) is 3.29. The van der Waals surface area contributed by atoms with Gasteiger partial charge in [-0.3, -0.25) is 4.79 Å². The van der Waals surface area contributed by atoms with Crippen LogP contribution in [0.4, 0.5) is 10.8 Å². The van der Waals surface area contributed by atoms with Crippen molar-refractivity contribution in [1.29, 1.82) is 0 Å². The molecule has 2 aromatic carbocycles. The molecule has 0 bridgehead atoms. The largest absolute Gasteiger partial charge is 0.368 e. The highest BCUT2D eigenvalue weighted by Gasteiger charge is 2.20. The normalized spacial score (nSPS) is 14.2. The standard InChI is InChI=1S/C22H24N4OS/c1-17-7-9-18(10-8-17)15-23-21(27)20-16-28-22(24-20)26-13-11-25(12-14-26)19-5-3-2-4-6-19/h2-10,16H,11-15H2,1H3,(H,23,27). The minimum atomic E-state index is -0.119. The summed E-state index contributed by atoms with van der Waals surface area (Å²) in [7, 11) is 0. The number of thiazole rings is 1. The van der Waals surface area contributed by atoms with Gasteiger partial charge in [0.2, 0.25) is 0 Å². The molecular formula is C22H24N4OS. The van der Waals surface area contributed by atoms with Gasteiger partial charge in [-0.05, 0) is 24.6 Å². The third-order valence-corrected chi connectivity index (χ3v) is 5.87. The summed E-state index contributed by atoms with van der Waals surface area (Å²) in [6, 6.07) is 18.7. The molecule has 0 aliphatic carbocycles. The van der Waals surface area contributed by atoms with E-state index in [0.29, 0.717) is 12.2 Å². The Labute approximate surface area is 169 Å². The fraction of sp³-hybridized carbons (Fsp3) is 0.273. The van der Waals surface area contributed by atoms with Crippen LogP contribution in [-0.2, 0) is 6.54 Å². The Morgan fingerprint density at radius 1 is 1.00 bits per heavy atom. The Kier molecular flexibility index (Phi) is 5.58. The maximum atomic E-state index is 12.4. The molecule has 2 heterocycles. The van der Waals surface area contributed by atoms with Crippen LogP contribution in [-0.4, -0.2) is 37.1 Å². The predicted molar refractivity (Wildman–Crippen MR) is 115 cm³/mol. The lowest BCUT2D eigenvalue weighted by Crippen LogP contribution is -2.46. The second-order valence-corrected chi connectivity index (χ2v) is 7.83. The molecule has 0 unspecified atom stereocenters. The van der Waals surface area contributed by atoms with Crippen LogP contribution in [0, 0.1) is 6.92 Å². The molecule has 0 radical (unpaired) electrons. The molecule has 28 heavy (non-hydrogen) atoms. The summed E-state index contributed by atoms with van der Waals surface area (Å²) in [6.07, 6.45) is 0. The van der Waals surface area contributed by atoms with E-state index in [0.717, 1.165) is 36.9 Å². The van der Waals surface area contributed by atoms with Gasteiger partial charge in [-0.25, -0.2) is 4.98 Å². The predicted octanol–water partition coefficient (Wildman–Crippen LogP) is 3.71. The van der Waals surface area contributed by atoms with Gasteiger partial charge in [-0.1, -0.05) is 48.0 Å². The first-order chi connectivity index (χ1) is 13.7. The number of nitrogens with one attached hydrogen (secondary N) is 1. The lowest BCUT2D eigenvalue weighted by molar-refractivity contribution is 0.0946. The summed E-state index contributed by atoms with van der Waals surface area (Å²) < 4.78 is 0. The molecule has 5 nitrogen and oxygen atoms in total. The highest BCUT2D eigenvalue weighted by atomic mass is 32.1. The molecular weight excluding hydrogens is 368 g/mol. The maximum absolute atomic E-state index is 12.4. The monoisotopic (exact) mass is 392 g/mol. The topological polar surface area (TPSA) is 48.5 Å². The highest BCUT2D eigenvalue weighted by Crippen LogP contribution is 2.24. The molecule has 3 aromatic rings. The summed E-state index contributed by atoms with van der Waals surface area (Å²) in [5, 5.41) is 5.73. The van der Waals surface area contributed by atoms with Gasteiger partial charge in [0.15, 0.2) is 5.13 Å². The number of carbonyl (C=O) groups is 1. The van der Waals surface area contributed by atoms with Crippen molar-refractivity contribution in [2.45, 2.75) is 13.5 Å². The molecule has 1 fully saturated rings. The molecule has 1 aromatic heterocycles. The van der Waals surface area contributed by atoms with Crippen LogP contribution in [0.3, 0.4) is 0 Å². The van der Waals surface area contributed by atoms with Crippen molar-refractivity contribution in [1.82, 2.24) is 10.3 Å². The minimum Gasteiger partial charge on any atom is -0.368 e. The Morgan fingerprint density at radius 2 is 1.68 bits per heavy atom. The molecule has 1 amide bonds. The van der Waals surface area contributed by atoms with Gasteiger partial charge < -0.3 is 15.1 Å². The Balaban J connectivity index is 1.31. The van der Waals surface area contributed by atoms with Crippen LogP contribution in [0.1, 0.15) is 21.6 Å². The van der Waals surface area contributed by atoms with Crippen LogP contribution in [0.2, 0.25) is 0 Å². The summed E-state index contributed by atoms with van der Waals surface area (Å²) >= 11 is 1.54. The quantitative estimate of drug-likeness (QED) is 0.719. The molecule has 0 atom stereocenters. The smallest absolute Gasteiger partial charge is 0.271 e. The first-order valence-corrected chi connectivity index (χ1v) is 10.4. The van der Waals surface area contributed by atoms with Crippen molar-refractivity contribution in [2.75, 3.05) is 36.0 Å². The van der Waals surface area contributed by atoms with Gasteiger partial charge in [0.1, 0.15) is 5.69 Å². The van der Waals surface area contributed by atoms with Gasteiger partial charge >= 0.3 is 0 Å². The molecule has 144 valence electrons. The minimum absolute atomic E-state index is 0.119. The van der Waals surface area contributed by atoms with E-state index in [9.17, 15) is 4.79 Å². The Hall–Kier alpha value is -2.86. The molecule has 4 rings (SSSR count). The van der Waals surface area contributed by atoms with Crippen molar-refractivity contribution in [2.24, 2.45) is 0 Å². The first-order valence-electron chi connectivity index (χ1n) is 9.53. The van der Waals surface area contributed by atoms with E-state index in [2.05, 4.69) is 63.4 Å². The van der Waals surface area contributed by atoms with Crippen molar-refractivity contribution in [3.8, 4) is 0 Å². The number of amides is 1. The summed E-state index contributed by atoms with van der Waals surface area (Å²) in [5.74, 6) is -0.119. The van der Waals surface area contributed by atoms with Gasteiger partial charge in [0.05, 0.1) is 0 Å². The van der Waals surface area contributed by atoms with E-state index < -0.39 is 0 Å². The van der Waals surface area contributed by atoms with E-state index in [-0.39, 0.29) is 5.91 Å². The van der Waals surface area contributed by atoms with Crippen LogP contribution >= 0.6 is 11.3 Å². The first kappa shape index (κ1) is 18.5.